The molecule has 17 heavy (non-hydrogen) atoms. The number of halogens is 1. The van der Waals surface area contributed by atoms with Crippen molar-refractivity contribution in [3.63, 3.8) is 0 Å². The van der Waals surface area contributed by atoms with Crippen LogP contribution in [0.2, 0.25) is 0 Å². The molecule has 0 unspecified atom stereocenters. The van der Waals surface area contributed by atoms with Gasteiger partial charge in [0.2, 0.25) is 0 Å². The molecule has 0 atom stereocenters. The Morgan fingerprint density at radius 1 is 1.53 bits per heavy atom. The topological polar surface area (TPSA) is 66.6 Å². The number of likely N-dealkylation sites (N-methyl/N-ethyl adjacent to an activating group) is 1. The monoisotopic (exact) mass is 240 g/mol. The first-order valence-electron chi connectivity index (χ1n) is 5.23. The third kappa shape index (κ3) is 2.74. The second-order valence-electron chi connectivity index (χ2n) is 4.57. The van der Waals surface area contributed by atoms with Gasteiger partial charge in [-0.2, -0.15) is 0 Å². The Balaban J connectivity index is 3.05. The highest BCUT2D eigenvalue weighted by Gasteiger charge is 2.28. The third-order valence-electron chi connectivity index (χ3n) is 2.84. The number of hydrogen-bond donors (Lipinski definition) is 2. The van der Waals surface area contributed by atoms with Crippen molar-refractivity contribution in [2.45, 2.75) is 19.4 Å². The van der Waals surface area contributed by atoms with E-state index in [-0.39, 0.29) is 23.8 Å². The van der Waals surface area contributed by atoms with E-state index in [0.717, 1.165) is 6.07 Å². The van der Waals surface area contributed by atoms with E-state index in [0.29, 0.717) is 0 Å². The summed E-state index contributed by atoms with van der Waals surface area (Å²) < 4.78 is 12.9. The Labute approximate surface area is 99.8 Å². The Kier molecular flexibility index (Phi) is 3.72. The van der Waals surface area contributed by atoms with Crippen LogP contribution < -0.4 is 5.73 Å². The molecule has 1 amide bonds. The number of carbonyl (C=O) groups is 1. The maximum Gasteiger partial charge on any atom is 0.256 e. The predicted octanol–water partition coefficient (Wildman–Crippen LogP) is 1.25. The number of anilines is 1. The van der Waals surface area contributed by atoms with Crippen molar-refractivity contribution in [1.82, 2.24) is 4.90 Å². The molecular formula is C12H17FN2O2. The zero-order chi connectivity index (χ0) is 13.2. The summed E-state index contributed by atoms with van der Waals surface area (Å²) in [5, 5.41) is 9.19. The molecule has 1 rings (SSSR count). The lowest BCUT2D eigenvalue weighted by molar-refractivity contribution is 0.0474. The largest absolute Gasteiger partial charge is 0.398 e. The number of hydrogen-bond acceptors (Lipinski definition) is 3. The van der Waals surface area contributed by atoms with Crippen LogP contribution in [0.5, 0.6) is 0 Å². The molecule has 0 radical (unpaired) electrons. The van der Waals surface area contributed by atoms with E-state index in [4.69, 9.17) is 5.73 Å². The number of aliphatic hydroxyl groups excluding tert-OH is 1. The number of aliphatic hydroxyl groups is 1. The molecule has 0 aromatic heterocycles. The van der Waals surface area contributed by atoms with Gasteiger partial charge in [0.15, 0.2) is 0 Å². The van der Waals surface area contributed by atoms with E-state index in [1.807, 2.05) is 0 Å². The molecule has 0 aliphatic carbocycles. The first kappa shape index (κ1) is 13.4. The predicted molar refractivity (Wildman–Crippen MR) is 64.1 cm³/mol. The van der Waals surface area contributed by atoms with Crippen LogP contribution >= 0.6 is 0 Å². The summed E-state index contributed by atoms with van der Waals surface area (Å²) in [6, 6.07) is 3.63. The average Bonchev–Trinajstić information content (AvgIpc) is 2.27. The molecule has 1 aromatic rings. The van der Waals surface area contributed by atoms with E-state index in [1.54, 1.807) is 20.9 Å². The van der Waals surface area contributed by atoms with Gasteiger partial charge in [-0.25, -0.2) is 4.39 Å². The zero-order valence-corrected chi connectivity index (χ0v) is 10.2. The van der Waals surface area contributed by atoms with Crippen molar-refractivity contribution in [3.05, 3.63) is 29.6 Å². The first-order valence-corrected chi connectivity index (χ1v) is 5.23. The lowest BCUT2D eigenvalue weighted by Crippen LogP contribution is -2.47. The smallest absolute Gasteiger partial charge is 0.256 e. The zero-order valence-electron chi connectivity index (χ0n) is 10.2. The van der Waals surface area contributed by atoms with Gasteiger partial charge in [-0.15, -0.1) is 0 Å². The number of nitrogens with two attached hydrogens (primary N) is 1. The van der Waals surface area contributed by atoms with Crippen LogP contribution in [0.4, 0.5) is 10.1 Å². The minimum absolute atomic E-state index is 0.0931. The van der Waals surface area contributed by atoms with Gasteiger partial charge in [-0.3, -0.25) is 4.79 Å². The number of benzene rings is 1. The molecule has 5 heteroatoms. The fourth-order valence-corrected chi connectivity index (χ4v) is 1.29. The molecule has 0 bridgehead atoms. The molecule has 0 fully saturated rings. The normalized spacial score (nSPS) is 11.4. The fraction of sp³-hybridized carbons (Fsp3) is 0.417. The number of rotatable bonds is 3. The molecule has 0 aliphatic rings. The summed E-state index contributed by atoms with van der Waals surface area (Å²) in [4.78, 5) is 13.5. The summed E-state index contributed by atoms with van der Waals surface area (Å²) in [5.41, 5.74) is 5.22. The first-order chi connectivity index (χ1) is 7.79. The Morgan fingerprint density at radius 2 is 2.12 bits per heavy atom. The van der Waals surface area contributed by atoms with Crippen LogP contribution in [0, 0.1) is 5.82 Å². The van der Waals surface area contributed by atoms with Crippen molar-refractivity contribution in [2.75, 3.05) is 19.4 Å². The van der Waals surface area contributed by atoms with E-state index in [2.05, 4.69) is 0 Å². The van der Waals surface area contributed by atoms with Crippen LogP contribution in [0.15, 0.2) is 18.2 Å². The molecule has 0 spiro atoms. The van der Waals surface area contributed by atoms with Crippen molar-refractivity contribution in [1.29, 1.82) is 0 Å². The number of nitrogens with zero attached hydrogens (tertiary/aromatic N) is 1. The van der Waals surface area contributed by atoms with Crippen molar-refractivity contribution < 1.29 is 14.3 Å². The number of nitrogen functional groups attached to an aromatic ring is 1. The molecule has 0 saturated carbocycles. The highest BCUT2D eigenvalue weighted by atomic mass is 19.1. The lowest BCUT2D eigenvalue weighted by atomic mass is 10.0. The third-order valence-corrected chi connectivity index (χ3v) is 2.84. The van der Waals surface area contributed by atoms with Crippen LogP contribution in [0.1, 0.15) is 24.2 Å². The molecule has 0 aliphatic heterocycles. The Bertz CT molecular complexity index is 433. The van der Waals surface area contributed by atoms with Gasteiger partial charge in [0.1, 0.15) is 5.82 Å². The Morgan fingerprint density at radius 3 is 2.59 bits per heavy atom. The van der Waals surface area contributed by atoms with Gasteiger partial charge in [0.05, 0.1) is 17.7 Å². The highest BCUT2D eigenvalue weighted by Crippen LogP contribution is 2.20. The quantitative estimate of drug-likeness (QED) is 0.781. The SMILES string of the molecule is CN(C(=O)c1ccc(F)cc1N)C(C)(C)CO. The van der Waals surface area contributed by atoms with Crippen LogP contribution in [0.3, 0.4) is 0 Å². The minimum Gasteiger partial charge on any atom is -0.398 e. The van der Waals surface area contributed by atoms with Crippen LogP contribution in [-0.2, 0) is 0 Å². The van der Waals surface area contributed by atoms with E-state index in [9.17, 15) is 14.3 Å². The van der Waals surface area contributed by atoms with Gasteiger partial charge in [0, 0.05) is 12.7 Å². The molecule has 3 N–H and O–H groups in total. The second kappa shape index (κ2) is 4.71. The van der Waals surface area contributed by atoms with Gasteiger partial charge in [-0.1, -0.05) is 0 Å². The summed E-state index contributed by atoms with van der Waals surface area (Å²) in [7, 11) is 1.57. The maximum atomic E-state index is 12.9. The summed E-state index contributed by atoms with van der Waals surface area (Å²) >= 11 is 0. The van der Waals surface area contributed by atoms with Gasteiger partial charge in [-0.05, 0) is 32.0 Å². The lowest BCUT2D eigenvalue weighted by Gasteiger charge is -2.34. The molecule has 1 aromatic carbocycles. The fourth-order valence-electron chi connectivity index (χ4n) is 1.29. The molecular weight excluding hydrogens is 223 g/mol. The average molecular weight is 240 g/mol. The summed E-state index contributed by atoms with van der Waals surface area (Å²) in [6.07, 6.45) is 0. The van der Waals surface area contributed by atoms with Gasteiger partial charge in [0.25, 0.3) is 5.91 Å². The van der Waals surface area contributed by atoms with E-state index >= 15 is 0 Å². The van der Waals surface area contributed by atoms with Crippen LogP contribution in [0.25, 0.3) is 0 Å². The summed E-state index contributed by atoms with van der Waals surface area (Å²) in [5.74, 6) is -0.829. The second-order valence-corrected chi connectivity index (χ2v) is 4.57. The van der Waals surface area contributed by atoms with E-state index < -0.39 is 11.4 Å². The van der Waals surface area contributed by atoms with Crippen molar-refractivity contribution in [3.8, 4) is 0 Å². The van der Waals surface area contributed by atoms with Crippen molar-refractivity contribution >= 4 is 11.6 Å². The molecule has 0 saturated heterocycles. The summed E-state index contributed by atoms with van der Waals surface area (Å²) in [6.45, 7) is 3.28. The molecule has 94 valence electrons. The van der Waals surface area contributed by atoms with Crippen LogP contribution in [-0.4, -0.2) is 35.1 Å². The maximum absolute atomic E-state index is 12.9. The number of carbonyl (C=O) groups excluding carboxylic acids is 1. The molecule has 4 nitrogen and oxygen atoms in total. The highest BCUT2D eigenvalue weighted by molar-refractivity contribution is 5.99. The standard InChI is InChI=1S/C12H17FN2O2/c1-12(2,7-16)15(3)11(17)9-5-4-8(13)6-10(9)14/h4-6,16H,7,14H2,1-3H3. The van der Waals surface area contributed by atoms with Crippen molar-refractivity contribution in [2.24, 2.45) is 0 Å². The minimum atomic E-state index is -0.697. The van der Waals surface area contributed by atoms with Gasteiger partial charge >= 0.3 is 0 Å². The Hall–Kier alpha value is -1.62. The van der Waals surface area contributed by atoms with E-state index in [1.165, 1.54) is 17.0 Å². The molecule has 0 heterocycles. The van der Waals surface area contributed by atoms with Gasteiger partial charge < -0.3 is 15.7 Å². The number of amides is 1.